The van der Waals surface area contributed by atoms with Crippen molar-refractivity contribution in [3.8, 4) is 0 Å². The van der Waals surface area contributed by atoms with E-state index < -0.39 is 0 Å². The van der Waals surface area contributed by atoms with Gasteiger partial charge in [0, 0.05) is 11.3 Å². The van der Waals surface area contributed by atoms with E-state index in [1.807, 2.05) is 17.8 Å². The molecule has 0 N–H and O–H groups in total. The molecule has 9 heavy (non-hydrogen) atoms. The van der Waals surface area contributed by atoms with Crippen molar-refractivity contribution in [2.24, 2.45) is 5.92 Å². The molecule has 0 amide bonds. The van der Waals surface area contributed by atoms with E-state index in [0.717, 1.165) is 11.7 Å². The highest BCUT2D eigenvalue weighted by Crippen LogP contribution is 2.06. The summed E-state index contributed by atoms with van der Waals surface area (Å²) >= 11 is 7.24. The zero-order valence-electron chi connectivity index (χ0n) is 5.93. The lowest BCUT2D eigenvalue weighted by molar-refractivity contribution is 0.751. The molecule has 0 aromatic rings. The molecule has 54 valence electrons. The smallest absolute Gasteiger partial charge is 0.0125 e. The molecule has 0 fully saturated rings. The van der Waals surface area contributed by atoms with Gasteiger partial charge < -0.3 is 0 Å². The highest BCUT2D eigenvalue weighted by atomic mass is 35.5. The Labute approximate surface area is 66.7 Å². The van der Waals surface area contributed by atoms with E-state index in [1.165, 1.54) is 5.75 Å². The van der Waals surface area contributed by atoms with Crippen LogP contribution in [0.1, 0.15) is 13.8 Å². The first-order valence-electron chi connectivity index (χ1n) is 3.10. The van der Waals surface area contributed by atoms with Gasteiger partial charge in [-0.2, -0.15) is 11.8 Å². The predicted octanol–water partition coefficient (Wildman–Crippen LogP) is 3.13. The van der Waals surface area contributed by atoms with E-state index in [1.54, 1.807) is 5.54 Å². The van der Waals surface area contributed by atoms with Crippen LogP contribution in [-0.4, -0.2) is 11.5 Å². The lowest BCUT2D eigenvalue weighted by Crippen LogP contribution is -1.90. The first-order chi connectivity index (χ1) is 4.27. The highest BCUT2D eigenvalue weighted by molar-refractivity contribution is 7.99. The molecule has 0 aliphatic rings. The molecule has 0 aliphatic heterocycles. The van der Waals surface area contributed by atoms with Gasteiger partial charge in [-0.1, -0.05) is 31.5 Å². The van der Waals surface area contributed by atoms with Gasteiger partial charge in [-0.15, -0.1) is 0 Å². The summed E-state index contributed by atoms with van der Waals surface area (Å²) in [5, 5.41) is 0. The SMILES string of the molecule is CC(C)CSC/C=C/Cl. The lowest BCUT2D eigenvalue weighted by atomic mass is 10.3. The molecular formula is C7H13ClS. The molecule has 0 unspecified atom stereocenters. The third-order valence-corrected chi connectivity index (χ3v) is 2.26. The number of halogens is 1. The van der Waals surface area contributed by atoms with Crippen molar-refractivity contribution in [3.05, 3.63) is 11.6 Å². The summed E-state index contributed by atoms with van der Waals surface area (Å²) in [7, 11) is 0. The molecule has 2 heteroatoms. The molecule has 0 aromatic carbocycles. The lowest BCUT2D eigenvalue weighted by Gasteiger charge is -1.99. The molecular weight excluding hydrogens is 152 g/mol. The van der Waals surface area contributed by atoms with Gasteiger partial charge in [0.05, 0.1) is 0 Å². The van der Waals surface area contributed by atoms with Crippen molar-refractivity contribution < 1.29 is 0 Å². The Hall–Kier alpha value is 0.380. The summed E-state index contributed by atoms with van der Waals surface area (Å²) in [4.78, 5) is 0. The van der Waals surface area contributed by atoms with Gasteiger partial charge in [-0.25, -0.2) is 0 Å². The van der Waals surface area contributed by atoms with Crippen LogP contribution in [0.25, 0.3) is 0 Å². The Morgan fingerprint density at radius 3 is 2.67 bits per heavy atom. The predicted molar refractivity (Wildman–Crippen MR) is 47.2 cm³/mol. The van der Waals surface area contributed by atoms with Gasteiger partial charge >= 0.3 is 0 Å². The van der Waals surface area contributed by atoms with E-state index in [0.29, 0.717) is 0 Å². The third-order valence-electron chi connectivity index (χ3n) is 0.754. The van der Waals surface area contributed by atoms with E-state index in [2.05, 4.69) is 13.8 Å². The minimum Gasteiger partial charge on any atom is -0.158 e. The van der Waals surface area contributed by atoms with Crippen LogP contribution in [0.3, 0.4) is 0 Å². The Morgan fingerprint density at radius 2 is 2.22 bits per heavy atom. The average Bonchev–Trinajstić information content (AvgIpc) is 1.80. The maximum Gasteiger partial charge on any atom is 0.0125 e. The first kappa shape index (κ1) is 9.38. The molecule has 0 nitrogen and oxygen atoms in total. The zero-order valence-corrected chi connectivity index (χ0v) is 7.50. The van der Waals surface area contributed by atoms with Crippen LogP contribution in [0.2, 0.25) is 0 Å². The fourth-order valence-corrected chi connectivity index (χ4v) is 1.44. The molecule has 0 bridgehead atoms. The van der Waals surface area contributed by atoms with Gasteiger partial charge in [-0.05, 0) is 11.7 Å². The van der Waals surface area contributed by atoms with Crippen LogP contribution < -0.4 is 0 Å². The largest absolute Gasteiger partial charge is 0.158 e. The van der Waals surface area contributed by atoms with Crippen LogP contribution in [-0.2, 0) is 0 Å². The van der Waals surface area contributed by atoms with Crippen LogP contribution in [0.15, 0.2) is 11.6 Å². The summed E-state index contributed by atoms with van der Waals surface area (Å²) in [5.41, 5.74) is 1.58. The standard InChI is InChI=1S/C7H13ClS/c1-7(2)6-9-5-3-4-8/h3-4,7H,5-6H2,1-2H3/b4-3+. The van der Waals surface area contributed by atoms with Crippen molar-refractivity contribution >= 4 is 23.4 Å². The summed E-state index contributed by atoms with van der Waals surface area (Å²) in [6, 6.07) is 0. The Morgan fingerprint density at radius 1 is 1.56 bits per heavy atom. The second kappa shape index (κ2) is 6.50. The van der Waals surface area contributed by atoms with Gasteiger partial charge in [0.15, 0.2) is 0 Å². The van der Waals surface area contributed by atoms with Gasteiger partial charge in [0.25, 0.3) is 0 Å². The van der Waals surface area contributed by atoms with Crippen molar-refractivity contribution in [2.75, 3.05) is 11.5 Å². The van der Waals surface area contributed by atoms with Crippen molar-refractivity contribution in [1.82, 2.24) is 0 Å². The Balaban J connectivity index is 2.91. The molecule has 0 rings (SSSR count). The second-order valence-electron chi connectivity index (χ2n) is 2.29. The topological polar surface area (TPSA) is 0 Å². The summed E-state index contributed by atoms with van der Waals surface area (Å²) in [6.07, 6.45) is 1.97. The molecule has 0 spiro atoms. The van der Waals surface area contributed by atoms with Crippen LogP contribution >= 0.6 is 23.4 Å². The normalized spacial score (nSPS) is 11.6. The Bertz CT molecular complexity index is 79.0. The Kier molecular flexibility index (Phi) is 6.77. The fraction of sp³-hybridized carbons (Fsp3) is 0.714. The zero-order chi connectivity index (χ0) is 7.11. The van der Waals surface area contributed by atoms with Crippen LogP contribution in [0.5, 0.6) is 0 Å². The third kappa shape index (κ3) is 8.38. The maximum atomic E-state index is 5.32. The number of thioether (sulfide) groups is 1. The molecule has 0 aliphatic carbocycles. The number of hydrogen-bond donors (Lipinski definition) is 0. The number of hydrogen-bond acceptors (Lipinski definition) is 1. The molecule has 0 saturated carbocycles. The van der Waals surface area contributed by atoms with Crippen LogP contribution in [0, 0.1) is 5.92 Å². The van der Waals surface area contributed by atoms with E-state index in [-0.39, 0.29) is 0 Å². The van der Waals surface area contributed by atoms with E-state index in [4.69, 9.17) is 11.6 Å². The molecule has 0 atom stereocenters. The monoisotopic (exact) mass is 164 g/mol. The summed E-state index contributed by atoms with van der Waals surface area (Å²) in [5.74, 6) is 3.06. The van der Waals surface area contributed by atoms with Gasteiger partial charge in [0.2, 0.25) is 0 Å². The molecule has 0 saturated heterocycles. The second-order valence-corrected chi connectivity index (χ2v) is 3.62. The van der Waals surface area contributed by atoms with E-state index >= 15 is 0 Å². The van der Waals surface area contributed by atoms with Gasteiger partial charge in [0.1, 0.15) is 0 Å². The van der Waals surface area contributed by atoms with Crippen molar-refractivity contribution in [3.63, 3.8) is 0 Å². The highest BCUT2D eigenvalue weighted by Gasteiger charge is 1.90. The van der Waals surface area contributed by atoms with Crippen molar-refractivity contribution in [2.45, 2.75) is 13.8 Å². The number of rotatable bonds is 4. The maximum absolute atomic E-state index is 5.32. The summed E-state index contributed by atoms with van der Waals surface area (Å²) < 4.78 is 0. The minimum atomic E-state index is 0.790. The molecule has 0 heterocycles. The summed E-state index contributed by atoms with van der Waals surface area (Å²) in [6.45, 7) is 4.44. The van der Waals surface area contributed by atoms with E-state index in [9.17, 15) is 0 Å². The molecule has 0 aromatic heterocycles. The average molecular weight is 165 g/mol. The van der Waals surface area contributed by atoms with Gasteiger partial charge in [-0.3, -0.25) is 0 Å². The van der Waals surface area contributed by atoms with Crippen LogP contribution in [0.4, 0.5) is 0 Å². The first-order valence-corrected chi connectivity index (χ1v) is 4.69. The van der Waals surface area contributed by atoms with Crippen molar-refractivity contribution in [1.29, 1.82) is 0 Å². The molecule has 0 radical (unpaired) electrons. The fourth-order valence-electron chi connectivity index (χ4n) is 0.408. The minimum absolute atomic E-state index is 0.790. The quantitative estimate of drug-likeness (QED) is 0.576.